The molecular formula is C11H10N4O2S. The van der Waals surface area contributed by atoms with Crippen molar-refractivity contribution in [2.45, 2.75) is 9.92 Å². The largest absolute Gasteiger partial charge is 0.605 e. The second-order valence-corrected chi connectivity index (χ2v) is 4.67. The standard InChI is InChI=1S/C11H10N4O2S/c12-10(15-16)9-11(14-7-6-13-9)18(17)8-4-2-1-3-5-8/h1-7,16H,(H2,12,15). The molecule has 1 unspecified atom stereocenters. The van der Waals surface area contributed by atoms with Crippen molar-refractivity contribution < 1.29 is 9.76 Å². The van der Waals surface area contributed by atoms with Crippen molar-refractivity contribution >= 4 is 17.0 Å². The molecule has 1 aromatic carbocycles. The Hall–Kier alpha value is -1.96. The molecule has 1 aromatic heterocycles. The first-order chi connectivity index (χ1) is 8.74. The number of nitrogens with zero attached hydrogens (tertiary/aromatic N) is 2. The van der Waals surface area contributed by atoms with E-state index in [1.165, 1.54) is 12.4 Å². The minimum atomic E-state index is -1.55. The van der Waals surface area contributed by atoms with Gasteiger partial charge in [0.05, 0.1) is 6.20 Å². The Morgan fingerprint density at radius 1 is 1.22 bits per heavy atom. The van der Waals surface area contributed by atoms with Crippen LogP contribution < -0.4 is 5.48 Å². The third-order valence-corrected chi connectivity index (χ3v) is 3.50. The highest BCUT2D eigenvalue weighted by Crippen LogP contribution is 2.20. The highest BCUT2D eigenvalue weighted by atomic mass is 32.2. The van der Waals surface area contributed by atoms with Gasteiger partial charge in [0.2, 0.25) is 0 Å². The zero-order chi connectivity index (χ0) is 13.0. The van der Waals surface area contributed by atoms with Crippen LogP contribution in [0.5, 0.6) is 0 Å². The first kappa shape index (κ1) is 12.5. The topological polar surface area (TPSA) is 105 Å². The van der Waals surface area contributed by atoms with Crippen LogP contribution in [0.4, 0.5) is 0 Å². The highest BCUT2D eigenvalue weighted by Gasteiger charge is 2.24. The first-order valence-corrected chi connectivity index (χ1v) is 6.16. The van der Waals surface area contributed by atoms with Crippen molar-refractivity contribution in [2.75, 3.05) is 0 Å². The number of aromatic nitrogens is 2. The Morgan fingerprint density at radius 2 is 1.89 bits per heavy atom. The van der Waals surface area contributed by atoms with E-state index >= 15 is 0 Å². The molecule has 18 heavy (non-hydrogen) atoms. The number of amidine groups is 1. The second-order valence-electron chi connectivity index (χ2n) is 3.28. The van der Waals surface area contributed by atoms with E-state index in [-0.39, 0.29) is 16.6 Å². The minimum Gasteiger partial charge on any atom is -0.605 e. The van der Waals surface area contributed by atoms with Gasteiger partial charge in [-0.05, 0) is 12.1 Å². The van der Waals surface area contributed by atoms with E-state index in [9.17, 15) is 4.55 Å². The van der Waals surface area contributed by atoms with Crippen LogP contribution in [0, 0.1) is 5.41 Å². The molecule has 92 valence electrons. The van der Waals surface area contributed by atoms with Gasteiger partial charge in [-0.3, -0.25) is 16.1 Å². The molecule has 7 heteroatoms. The van der Waals surface area contributed by atoms with Crippen molar-refractivity contribution in [3.8, 4) is 0 Å². The maximum Gasteiger partial charge on any atom is 0.280 e. The lowest BCUT2D eigenvalue weighted by Crippen LogP contribution is -2.24. The minimum absolute atomic E-state index is 0.0576. The quantitative estimate of drug-likeness (QED) is 0.330. The van der Waals surface area contributed by atoms with Gasteiger partial charge in [-0.15, -0.1) is 0 Å². The smallest absolute Gasteiger partial charge is 0.280 e. The van der Waals surface area contributed by atoms with Gasteiger partial charge < -0.3 is 4.55 Å². The summed E-state index contributed by atoms with van der Waals surface area (Å²) >= 11 is -1.55. The molecule has 0 aliphatic rings. The molecule has 2 rings (SSSR count). The van der Waals surface area contributed by atoms with Crippen molar-refractivity contribution in [3.05, 3.63) is 48.4 Å². The summed E-state index contributed by atoms with van der Waals surface area (Å²) in [6.07, 6.45) is 2.76. The Balaban J connectivity index is 2.42. The zero-order valence-electron chi connectivity index (χ0n) is 9.20. The molecular weight excluding hydrogens is 252 g/mol. The third kappa shape index (κ3) is 2.48. The van der Waals surface area contributed by atoms with Crippen LogP contribution in [0.2, 0.25) is 0 Å². The van der Waals surface area contributed by atoms with Crippen LogP contribution >= 0.6 is 0 Å². The molecule has 3 N–H and O–H groups in total. The second kappa shape index (κ2) is 5.58. The van der Waals surface area contributed by atoms with Gasteiger partial charge in [-0.25, -0.2) is 9.97 Å². The molecule has 0 saturated heterocycles. The number of hydroxylamine groups is 1. The molecule has 0 saturated carbocycles. The summed E-state index contributed by atoms with van der Waals surface area (Å²) in [5, 5.41) is 16.3. The van der Waals surface area contributed by atoms with E-state index in [0.29, 0.717) is 4.90 Å². The molecule has 0 amide bonds. The Bertz CT molecular complexity index is 550. The predicted molar refractivity (Wildman–Crippen MR) is 64.9 cm³/mol. The van der Waals surface area contributed by atoms with Crippen molar-refractivity contribution in [1.29, 1.82) is 5.41 Å². The average Bonchev–Trinajstić information content (AvgIpc) is 2.46. The molecule has 0 fully saturated rings. The zero-order valence-corrected chi connectivity index (χ0v) is 10.0. The molecule has 0 radical (unpaired) electrons. The molecule has 1 heterocycles. The first-order valence-electron chi connectivity index (χ1n) is 5.01. The monoisotopic (exact) mass is 262 g/mol. The lowest BCUT2D eigenvalue weighted by Gasteiger charge is -2.11. The SMILES string of the molecule is N=C(NO)c1nccnc1[S+]([O-])c1ccccc1. The highest BCUT2D eigenvalue weighted by molar-refractivity contribution is 7.91. The number of hydrogen-bond acceptors (Lipinski definition) is 5. The van der Waals surface area contributed by atoms with Gasteiger partial charge >= 0.3 is 0 Å². The predicted octanol–water partition coefficient (Wildman–Crippen LogP) is 0.947. The maximum absolute atomic E-state index is 12.3. The fraction of sp³-hybridized carbons (Fsp3) is 0. The number of rotatable bonds is 3. The van der Waals surface area contributed by atoms with Crippen LogP contribution in [0.3, 0.4) is 0 Å². The summed E-state index contributed by atoms with van der Waals surface area (Å²) in [7, 11) is 0. The van der Waals surface area contributed by atoms with Crippen LogP contribution in [0.25, 0.3) is 0 Å². The third-order valence-electron chi connectivity index (χ3n) is 2.15. The van der Waals surface area contributed by atoms with Gasteiger partial charge in [0, 0.05) is 17.4 Å². The fourth-order valence-electron chi connectivity index (χ4n) is 1.34. The van der Waals surface area contributed by atoms with E-state index in [2.05, 4.69) is 9.97 Å². The summed E-state index contributed by atoms with van der Waals surface area (Å²) in [4.78, 5) is 8.42. The van der Waals surface area contributed by atoms with Gasteiger partial charge in [0.25, 0.3) is 5.03 Å². The molecule has 1 atom stereocenters. The Kier molecular flexibility index (Phi) is 3.88. The van der Waals surface area contributed by atoms with Crippen LogP contribution in [-0.2, 0) is 11.2 Å². The van der Waals surface area contributed by atoms with E-state index in [1.54, 1.807) is 29.7 Å². The van der Waals surface area contributed by atoms with E-state index < -0.39 is 11.2 Å². The van der Waals surface area contributed by atoms with Gasteiger partial charge in [-0.1, -0.05) is 18.2 Å². The summed E-state index contributed by atoms with van der Waals surface area (Å²) in [6, 6.07) is 8.74. The number of nitrogens with one attached hydrogen (secondary N) is 2. The Morgan fingerprint density at radius 3 is 2.56 bits per heavy atom. The lowest BCUT2D eigenvalue weighted by atomic mass is 10.4. The van der Waals surface area contributed by atoms with Crippen LogP contribution in [0.15, 0.2) is 52.6 Å². The average molecular weight is 262 g/mol. The Labute approximate surface area is 106 Å². The van der Waals surface area contributed by atoms with Gasteiger partial charge in [0.15, 0.2) is 16.4 Å². The number of hydrogen-bond donors (Lipinski definition) is 3. The number of benzene rings is 1. The fourth-order valence-corrected chi connectivity index (χ4v) is 2.46. The lowest BCUT2D eigenvalue weighted by molar-refractivity contribution is 0.233. The van der Waals surface area contributed by atoms with E-state index in [0.717, 1.165) is 0 Å². The molecule has 6 nitrogen and oxygen atoms in total. The van der Waals surface area contributed by atoms with E-state index in [4.69, 9.17) is 10.6 Å². The van der Waals surface area contributed by atoms with Gasteiger partial charge in [0.1, 0.15) is 0 Å². The molecule has 2 aromatic rings. The van der Waals surface area contributed by atoms with Crippen LogP contribution in [-0.4, -0.2) is 25.6 Å². The molecule has 0 aliphatic heterocycles. The summed E-state index contributed by atoms with van der Waals surface area (Å²) in [5.74, 6) is -0.345. The normalized spacial score (nSPS) is 11.9. The van der Waals surface area contributed by atoms with Crippen molar-refractivity contribution in [2.24, 2.45) is 0 Å². The van der Waals surface area contributed by atoms with Crippen molar-refractivity contribution in [1.82, 2.24) is 15.4 Å². The molecule has 0 bridgehead atoms. The van der Waals surface area contributed by atoms with Crippen LogP contribution in [0.1, 0.15) is 5.69 Å². The van der Waals surface area contributed by atoms with E-state index in [1.807, 2.05) is 6.07 Å². The summed E-state index contributed by atoms with van der Waals surface area (Å²) in [6.45, 7) is 0. The van der Waals surface area contributed by atoms with Crippen molar-refractivity contribution in [3.63, 3.8) is 0 Å². The summed E-state index contributed by atoms with van der Waals surface area (Å²) in [5.41, 5.74) is 1.73. The van der Waals surface area contributed by atoms with Gasteiger partial charge in [-0.2, -0.15) is 0 Å². The summed E-state index contributed by atoms with van der Waals surface area (Å²) < 4.78 is 12.3. The maximum atomic E-state index is 12.3. The molecule has 0 spiro atoms. The molecule has 0 aliphatic carbocycles.